The van der Waals surface area contributed by atoms with Gasteiger partial charge in [-0.3, -0.25) is 0 Å². The summed E-state index contributed by atoms with van der Waals surface area (Å²) in [5.74, 6) is 0. The van der Waals surface area contributed by atoms with Crippen molar-refractivity contribution in [1.29, 1.82) is 0 Å². The number of halogens is 2. The summed E-state index contributed by atoms with van der Waals surface area (Å²) in [5.41, 5.74) is 6.78. The first-order valence-corrected chi connectivity index (χ1v) is 13.2. The fourth-order valence-electron chi connectivity index (χ4n) is 5.36. The molecule has 0 amide bonds. The summed E-state index contributed by atoms with van der Waals surface area (Å²) in [5, 5.41) is 5.72. The van der Waals surface area contributed by atoms with Crippen LogP contribution in [0.15, 0.2) is 132 Å². The molecular formula is C34H21Cl2NO. The van der Waals surface area contributed by atoms with Gasteiger partial charge in [0, 0.05) is 43.5 Å². The van der Waals surface area contributed by atoms with Gasteiger partial charge in [-0.2, -0.15) is 0 Å². The van der Waals surface area contributed by atoms with Crippen molar-refractivity contribution in [1.82, 2.24) is 0 Å². The van der Waals surface area contributed by atoms with Gasteiger partial charge in [-0.25, -0.2) is 0 Å². The van der Waals surface area contributed by atoms with Crippen LogP contribution < -0.4 is 4.90 Å². The molecular weight excluding hydrogens is 509 g/mol. The van der Waals surface area contributed by atoms with Crippen LogP contribution in [0.1, 0.15) is 0 Å². The number of fused-ring (bicyclic) bond motifs is 5. The molecule has 0 radical (unpaired) electrons. The van der Waals surface area contributed by atoms with E-state index in [0.29, 0.717) is 10.0 Å². The molecule has 0 saturated heterocycles. The molecule has 2 nitrogen and oxygen atoms in total. The standard InChI is InChI=1S/C34H21Cl2NO/c35-23-18-22(19-24(36)20-23)26-12-6-8-16-30(26)37(25-10-2-1-3-11-25)31-21-33-34(28-14-5-4-13-27(28)31)29-15-7-9-17-32(29)38-33/h1-21H. The lowest BCUT2D eigenvalue weighted by Crippen LogP contribution is -2.11. The molecule has 0 saturated carbocycles. The van der Waals surface area contributed by atoms with Gasteiger partial charge in [0.05, 0.1) is 11.4 Å². The van der Waals surface area contributed by atoms with Gasteiger partial charge in [0.1, 0.15) is 11.2 Å². The van der Waals surface area contributed by atoms with E-state index in [0.717, 1.165) is 60.9 Å². The van der Waals surface area contributed by atoms with Gasteiger partial charge < -0.3 is 9.32 Å². The van der Waals surface area contributed by atoms with E-state index in [9.17, 15) is 0 Å². The SMILES string of the molecule is Clc1cc(Cl)cc(-c2ccccc2N(c2ccccc2)c2cc3oc4ccccc4c3c3ccccc23)c1. The monoisotopic (exact) mass is 529 g/mol. The Balaban J connectivity index is 1.58. The Labute approximate surface area is 230 Å². The average Bonchev–Trinajstić information content (AvgIpc) is 3.32. The minimum Gasteiger partial charge on any atom is -0.456 e. The second-order valence-corrected chi connectivity index (χ2v) is 10.1. The molecule has 0 bridgehead atoms. The van der Waals surface area contributed by atoms with Gasteiger partial charge in [-0.05, 0) is 53.4 Å². The van der Waals surface area contributed by atoms with Crippen LogP contribution in [0.4, 0.5) is 17.1 Å². The zero-order chi connectivity index (χ0) is 25.6. The predicted molar refractivity (Wildman–Crippen MR) is 161 cm³/mol. The molecule has 0 spiro atoms. The van der Waals surface area contributed by atoms with Gasteiger partial charge in [-0.15, -0.1) is 0 Å². The van der Waals surface area contributed by atoms with E-state index in [4.69, 9.17) is 27.6 Å². The summed E-state index contributed by atoms with van der Waals surface area (Å²) in [4.78, 5) is 2.29. The Morgan fingerprint density at radius 1 is 0.500 bits per heavy atom. The number of anilines is 3. The molecule has 7 rings (SSSR count). The van der Waals surface area contributed by atoms with Crippen molar-refractivity contribution in [2.75, 3.05) is 4.90 Å². The molecule has 0 aliphatic carbocycles. The van der Waals surface area contributed by atoms with E-state index < -0.39 is 0 Å². The van der Waals surface area contributed by atoms with E-state index in [1.54, 1.807) is 6.07 Å². The van der Waals surface area contributed by atoms with E-state index in [1.165, 1.54) is 0 Å². The van der Waals surface area contributed by atoms with Crippen molar-refractivity contribution in [3.05, 3.63) is 137 Å². The molecule has 0 fully saturated rings. The maximum Gasteiger partial charge on any atom is 0.138 e. The van der Waals surface area contributed by atoms with Crippen LogP contribution >= 0.6 is 23.2 Å². The molecule has 4 heteroatoms. The van der Waals surface area contributed by atoms with Crippen LogP contribution in [0.25, 0.3) is 43.8 Å². The van der Waals surface area contributed by atoms with Crippen molar-refractivity contribution in [2.45, 2.75) is 0 Å². The van der Waals surface area contributed by atoms with Crippen molar-refractivity contribution >= 4 is 73.0 Å². The van der Waals surface area contributed by atoms with Gasteiger partial charge in [0.15, 0.2) is 0 Å². The quantitative estimate of drug-likeness (QED) is 0.225. The third kappa shape index (κ3) is 3.81. The Hall–Kier alpha value is -4.24. The maximum absolute atomic E-state index is 6.44. The average molecular weight is 530 g/mol. The van der Waals surface area contributed by atoms with E-state index in [2.05, 4.69) is 89.8 Å². The van der Waals surface area contributed by atoms with Gasteiger partial charge >= 0.3 is 0 Å². The highest BCUT2D eigenvalue weighted by Crippen LogP contribution is 2.47. The number of rotatable bonds is 4. The number of furan rings is 1. The lowest BCUT2D eigenvalue weighted by molar-refractivity contribution is 0.669. The number of para-hydroxylation sites is 3. The molecule has 1 heterocycles. The van der Waals surface area contributed by atoms with Crippen LogP contribution in [0.5, 0.6) is 0 Å². The molecule has 0 aliphatic rings. The lowest BCUT2D eigenvalue weighted by atomic mass is 9.98. The summed E-state index contributed by atoms with van der Waals surface area (Å²) in [6.45, 7) is 0. The van der Waals surface area contributed by atoms with Crippen molar-refractivity contribution in [3.63, 3.8) is 0 Å². The Morgan fingerprint density at radius 2 is 1.13 bits per heavy atom. The summed E-state index contributed by atoms with van der Waals surface area (Å²) in [7, 11) is 0. The number of hydrogen-bond donors (Lipinski definition) is 0. The second kappa shape index (κ2) is 9.25. The highest BCUT2D eigenvalue weighted by atomic mass is 35.5. The smallest absolute Gasteiger partial charge is 0.138 e. The summed E-state index contributed by atoms with van der Waals surface area (Å²) < 4.78 is 6.41. The lowest BCUT2D eigenvalue weighted by Gasteiger charge is -2.29. The summed E-state index contributed by atoms with van der Waals surface area (Å²) in [6, 6.07) is 43.3. The molecule has 0 atom stereocenters. The number of benzene rings is 6. The third-order valence-corrected chi connectivity index (χ3v) is 7.37. The van der Waals surface area contributed by atoms with Crippen LogP contribution in [0.2, 0.25) is 10.0 Å². The first kappa shape index (κ1) is 22.9. The highest BCUT2D eigenvalue weighted by Gasteiger charge is 2.22. The van der Waals surface area contributed by atoms with Crippen molar-refractivity contribution in [2.24, 2.45) is 0 Å². The topological polar surface area (TPSA) is 16.4 Å². The number of nitrogens with zero attached hydrogens (tertiary/aromatic N) is 1. The first-order chi connectivity index (χ1) is 18.7. The normalized spacial score (nSPS) is 11.4. The molecule has 0 unspecified atom stereocenters. The van der Waals surface area contributed by atoms with Gasteiger partial charge in [0.2, 0.25) is 0 Å². The molecule has 182 valence electrons. The predicted octanol–water partition coefficient (Wildman–Crippen LogP) is 11.2. The van der Waals surface area contributed by atoms with E-state index in [1.807, 2.05) is 36.4 Å². The zero-order valence-electron chi connectivity index (χ0n) is 20.2. The largest absolute Gasteiger partial charge is 0.456 e. The molecule has 0 aliphatic heterocycles. The Morgan fingerprint density at radius 3 is 1.92 bits per heavy atom. The third-order valence-electron chi connectivity index (χ3n) is 6.94. The zero-order valence-corrected chi connectivity index (χ0v) is 21.7. The highest BCUT2D eigenvalue weighted by molar-refractivity contribution is 6.35. The van der Waals surface area contributed by atoms with Crippen LogP contribution in [-0.2, 0) is 0 Å². The Bertz CT molecular complexity index is 1940. The fraction of sp³-hybridized carbons (Fsp3) is 0. The van der Waals surface area contributed by atoms with Crippen LogP contribution in [-0.4, -0.2) is 0 Å². The fourth-order valence-corrected chi connectivity index (χ4v) is 5.89. The minimum atomic E-state index is 0.600. The van der Waals surface area contributed by atoms with E-state index >= 15 is 0 Å². The van der Waals surface area contributed by atoms with Crippen molar-refractivity contribution < 1.29 is 4.42 Å². The molecule has 1 aromatic heterocycles. The van der Waals surface area contributed by atoms with E-state index in [-0.39, 0.29) is 0 Å². The van der Waals surface area contributed by atoms with Crippen LogP contribution in [0, 0.1) is 0 Å². The van der Waals surface area contributed by atoms with Crippen molar-refractivity contribution in [3.8, 4) is 11.1 Å². The second-order valence-electron chi connectivity index (χ2n) is 9.26. The molecule has 6 aromatic carbocycles. The molecule has 0 N–H and O–H groups in total. The van der Waals surface area contributed by atoms with Gasteiger partial charge in [-0.1, -0.05) is 102 Å². The maximum atomic E-state index is 6.44. The van der Waals surface area contributed by atoms with Crippen LogP contribution in [0.3, 0.4) is 0 Å². The molecule has 7 aromatic rings. The summed E-state index contributed by atoms with van der Waals surface area (Å²) in [6.07, 6.45) is 0. The summed E-state index contributed by atoms with van der Waals surface area (Å²) >= 11 is 12.9. The van der Waals surface area contributed by atoms with Gasteiger partial charge in [0.25, 0.3) is 0 Å². The minimum absolute atomic E-state index is 0.600. The molecule has 38 heavy (non-hydrogen) atoms. The number of hydrogen-bond acceptors (Lipinski definition) is 2. The first-order valence-electron chi connectivity index (χ1n) is 12.4. The Kier molecular flexibility index (Phi) is 5.58.